The zero-order chi connectivity index (χ0) is 8.65. The van der Waals surface area contributed by atoms with Crippen LogP contribution < -0.4 is 0 Å². The summed E-state index contributed by atoms with van der Waals surface area (Å²) in [6.07, 6.45) is 0.862. The summed E-state index contributed by atoms with van der Waals surface area (Å²) in [7, 11) is -1.30. The molecule has 0 fully saturated rings. The Bertz CT molecular complexity index is 258. The van der Waals surface area contributed by atoms with Crippen LogP contribution >= 0.6 is 0 Å². The Morgan fingerprint density at radius 2 is 1.91 bits per heavy atom. The van der Waals surface area contributed by atoms with Gasteiger partial charge in [-0.25, -0.2) is 0 Å². The largest absolute Gasteiger partial charge is 0.296 e. The average molecular weight is 167 g/mol. The number of carbonyl (C=O) groups is 1. The Balaban J connectivity index is 2.90. The van der Waals surface area contributed by atoms with E-state index < -0.39 is 8.07 Å². The molecular weight excluding hydrogens is 154 g/mol. The molecule has 0 aromatic heterocycles. The first-order valence-corrected chi connectivity index (χ1v) is 7.22. The molecule has 0 saturated carbocycles. The minimum absolute atomic E-state index is 0.682. The van der Waals surface area contributed by atoms with Crippen LogP contribution in [0, 0.1) is 0 Å². The van der Waals surface area contributed by atoms with Gasteiger partial charge in [-0.05, 0) is 12.1 Å². The second-order valence-corrected chi connectivity index (χ2v) is 8.83. The third kappa shape index (κ3) is 1.33. The summed E-state index contributed by atoms with van der Waals surface area (Å²) in [5, 5.41) is 1.24. The van der Waals surface area contributed by atoms with Gasteiger partial charge in [0.15, 0.2) is 6.29 Å². The monoisotopic (exact) mass is 167 g/mol. The maximum absolute atomic E-state index is 10.4. The summed E-state index contributed by atoms with van der Waals surface area (Å²) < 4.78 is 0. The highest BCUT2D eigenvalue weighted by atomic mass is 28.3. The van der Waals surface area contributed by atoms with Crippen LogP contribution in [0.4, 0.5) is 0 Å². The van der Waals surface area contributed by atoms with E-state index in [0.717, 1.165) is 12.0 Å². The van der Waals surface area contributed by atoms with Crippen molar-refractivity contribution in [3.8, 4) is 0 Å². The molecule has 1 aliphatic heterocycles. The minimum atomic E-state index is -1.30. The molecule has 11 heavy (non-hydrogen) atoms. The highest BCUT2D eigenvalue weighted by Gasteiger charge is 2.30. The number of hydrogen-bond donors (Lipinski definition) is 0. The molecular formula is C8H13NOSi. The van der Waals surface area contributed by atoms with Crippen LogP contribution in [0.5, 0.6) is 0 Å². The molecule has 0 aromatic rings. The molecule has 0 N–H and O–H groups in total. The van der Waals surface area contributed by atoms with Crippen molar-refractivity contribution in [3.63, 3.8) is 0 Å². The van der Waals surface area contributed by atoms with E-state index in [2.05, 4.69) is 24.6 Å². The summed E-state index contributed by atoms with van der Waals surface area (Å²) in [6.45, 7) is 8.65. The predicted octanol–water partition coefficient (Wildman–Crippen LogP) is 1.79. The van der Waals surface area contributed by atoms with Gasteiger partial charge in [-0.2, -0.15) is 0 Å². The van der Waals surface area contributed by atoms with Crippen molar-refractivity contribution in [1.82, 2.24) is 0 Å². The maximum Gasteiger partial charge on any atom is 0.168 e. The Morgan fingerprint density at radius 3 is 2.09 bits per heavy atom. The van der Waals surface area contributed by atoms with Crippen LogP contribution in [0.2, 0.25) is 19.6 Å². The van der Waals surface area contributed by atoms with Crippen molar-refractivity contribution in [2.24, 2.45) is 4.99 Å². The first kappa shape index (κ1) is 8.39. The lowest BCUT2D eigenvalue weighted by Gasteiger charge is -2.27. The van der Waals surface area contributed by atoms with Crippen molar-refractivity contribution >= 4 is 20.1 Å². The lowest BCUT2D eigenvalue weighted by atomic mass is 10.2. The first-order valence-electron chi connectivity index (χ1n) is 3.72. The summed E-state index contributed by atoms with van der Waals surface area (Å²) in [4.78, 5) is 14.5. The van der Waals surface area contributed by atoms with E-state index in [-0.39, 0.29) is 0 Å². The molecule has 0 aliphatic carbocycles. The van der Waals surface area contributed by atoms with Crippen molar-refractivity contribution in [1.29, 1.82) is 0 Å². The minimum Gasteiger partial charge on any atom is -0.296 e. The van der Waals surface area contributed by atoms with Gasteiger partial charge in [0.2, 0.25) is 0 Å². The van der Waals surface area contributed by atoms with E-state index in [0.29, 0.717) is 5.71 Å². The van der Waals surface area contributed by atoms with Gasteiger partial charge >= 0.3 is 0 Å². The molecule has 2 nitrogen and oxygen atoms in total. The summed E-state index contributed by atoms with van der Waals surface area (Å²) in [6, 6.07) is 0. The third-order valence-corrected chi connectivity index (χ3v) is 3.89. The van der Waals surface area contributed by atoms with E-state index >= 15 is 0 Å². The fourth-order valence-corrected chi connectivity index (χ4v) is 3.46. The Labute approximate surface area is 68.0 Å². The van der Waals surface area contributed by atoms with Crippen molar-refractivity contribution in [2.75, 3.05) is 0 Å². The lowest BCUT2D eigenvalue weighted by molar-refractivity contribution is -0.102. The molecule has 0 aromatic carbocycles. The van der Waals surface area contributed by atoms with E-state index in [1.165, 1.54) is 5.20 Å². The number of allylic oxidation sites excluding steroid dienone is 2. The molecule has 0 radical (unpaired) electrons. The van der Waals surface area contributed by atoms with E-state index in [9.17, 15) is 4.79 Å². The second-order valence-electron chi connectivity index (χ2n) is 3.83. The van der Waals surface area contributed by atoms with E-state index in [1.54, 1.807) is 0 Å². The second kappa shape index (κ2) is 2.41. The molecule has 0 atom stereocenters. The van der Waals surface area contributed by atoms with Crippen LogP contribution in [0.25, 0.3) is 0 Å². The Kier molecular flexibility index (Phi) is 1.84. The molecule has 0 bridgehead atoms. The molecule has 0 saturated heterocycles. The molecule has 0 unspecified atom stereocenters. The van der Waals surface area contributed by atoms with Gasteiger partial charge in [0.1, 0.15) is 5.71 Å². The predicted molar refractivity (Wildman–Crippen MR) is 49.5 cm³/mol. The number of aliphatic imine (C=N–C) groups is 1. The Morgan fingerprint density at radius 1 is 1.36 bits per heavy atom. The van der Waals surface area contributed by atoms with Crippen molar-refractivity contribution < 1.29 is 4.79 Å². The van der Waals surface area contributed by atoms with E-state index in [1.807, 2.05) is 6.92 Å². The summed E-state index contributed by atoms with van der Waals surface area (Å²) >= 11 is 0. The van der Waals surface area contributed by atoms with Crippen LogP contribution in [-0.4, -0.2) is 20.1 Å². The standard InChI is InChI=1S/C8H13NOSi/c1-6-8(11(2,3)4)7(5-10)9-6/h5H,1-4H3. The number of aldehydes is 1. The fraction of sp³-hybridized carbons (Fsp3) is 0.500. The molecule has 60 valence electrons. The molecule has 0 amide bonds. The van der Waals surface area contributed by atoms with Gasteiger partial charge in [0, 0.05) is 5.70 Å². The molecule has 3 heteroatoms. The number of nitrogens with zero attached hydrogens (tertiary/aromatic N) is 1. The van der Waals surface area contributed by atoms with Crippen LogP contribution in [0.15, 0.2) is 15.9 Å². The molecule has 0 spiro atoms. The maximum atomic E-state index is 10.4. The lowest BCUT2D eigenvalue weighted by Crippen LogP contribution is -2.35. The summed E-state index contributed by atoms with van der Waals surface area (Å²) in [5.41, 5.74) is 1.74. The SMILES string of the molecule is CC1=C([Si](C)(C)C)C(C=O)=N1. The highest BCUT2D eigenvalue weighted by Crippen LogP contribution is 2.27. The number of hydrogen-bond acceptors (Lipinski definition) is 2. The third-order valence-electron chi connectivity index (χ3n) is 1.77. The zero-order valence-electron chi connectivity index (χ0n) is 7.43. The number of carbonyl (C=O) groups excluding carboxylic acids is 1. The van der Waals surface area contributed by atoms with Crippen molar-refractivity contribution in [2.45, 2.75) is 26.6 Å². The zero-order valence-corrected chi connectivity index (χ0v) is 8.43. The molecule has 1 rings (SSSR count). The van der Waals surface area contributed by atoms with Gasteiger partial charge in [-0.1, -0.05) is 19.6 Å². The highest BCUT2D eigenvalue weighted by molar-refractivity contribution is 6.90. The van der Waals surface area contributed by atoms with Crippen LogP contribution in [-0.2, 0) is 4.79 Å². The van der Waals surface area contributed by atoms with Gasteiger partial charge in [0.25, 0.3) is 0 Å². The van der Waals surface area contributed by atoms with E-state index in [4.69, 9.17) is 0 Å². The van der Waals surface area contributed by atoms with Gasteiger partial charge < -0.3 is 0 Å². The van der Waals surface area contributed by atoms with Gasteiger partial charge in [0.05, 0.1) is 8.07 Å². The van der Waals surface area contributed by atoms with Gasteiger partial charge in [-0.3, -0.25) is 9.79 Å². The fourth-order valence-electron chi connectivity index (χ4n) is 1.44. The smallest absolute Gasteiger partial charge is 0.168 e. The number of rotatable bonds is 2. The Hall–Kier alpha value is -0.703. The topological polar surface area (TPSA) is 29.4 Å². The quantitative estimate of drug-likeness (QED) is 0.455. The molecule has 1 heterocycles. The van der Waals surface area contributed by atoms with Crippen LogP contribution in [0.3, 0.4) is 0 Å². The normalized spacial score (nSPS) is 17.6. The first-order chi connectivity index (χ1) is 4.96. The van der Waals surface area contributed by atoms with Crippen molar-refractivity contribution in [3.05, 3.63) is 10.9 Å². The van der Waals surface area contributed by atoms with Gasteiger partial charge in [-0.15, -0.1) is 0 Å². The average Bonchev–Trinajstić information content (AvgIpc) is 1.77. The van der Waals surface area contributed by atoms with Crippen LogP contribution in [0.1, 0.15) is 6.92 Å². The molecule has 1 aliphatic rings. The summed E-state index contributed by atoms with van der Waals surface area (Å²) in [5.74, 6) is 0.